The number of carbonyl (C=O) groups is 2. The smallest absolute Gasteiger partial charge is 0.227 e. The van der Waals surface area contributed by atoms with E-state index < -0.39 is 15.9 Å². The van der Waals surface area contributed by atoms with Crippen LogP contribution in [0.4, 0.5) is 11.6 Å². The second kappa shape index (κ2) is 10.5. The quantitative estimate of drug-likeness (QED) is 0.549. The van der Waals surface area contributed by atoms with Crippen LogP contribution in [0.15, 0.2) is 42.7 Å². The standard InChI is InChI=1S/C23H30N6O4S/c1-18-5-2-6-20(15-18)29-17-19(16-21(29)30)22(31)24-9-4-14-34(32,33)28-12-10-27(11-13-28)23-25-7-3-8-26-23/h2-3,5-8,15,19H,4,9-14,16-17H2,1H3,(H,24,31). The number of aromatic nitrogens is 2. The van der Waals surface area contributed by atoms with Crippen molar-refractivity contribution in [3.63, 3.8) is 0 Å². The molecule has 11 heteroatoms. The number of piperazine rings is 1. The molecule has 1 aromatic carbocycles. The molecule has 0 bridgehead atoms. The minimum atomic E-state index is -3.41. The lowest BCUT2D eigenvalue weighted by Gasteiger charge is -2.33. The van der Waals surface area contributed by atoms with Gasteiger partial charge in [0, 0.05) is 63.8 Å². The molecule has 1 N–H and O–H groups in total. The monoisotopic (exact) mass is 486 g/mol. The third-order valence-electron chi connectivity index (χ3n) is 6.15. The van der Waals surface area contributed by atoms with Crippen molar-refractivity contribution in [1.82, 2.24) is 19.6 Å². The maximum Gasteiger partial charge on any atom is 0.227 e. The number of anilines is 2. The minimum Gasteiger partial charge on any atom is -0.356 e. The van der Waals surface area contributed by atoms with Gasteiger partial charge < -0.3 is 15.1 Å². The average Bonchev–Trinajstić information content (AvgIpc) is 3.24. The van der Waals surface area contributed by atoms with E-state index in [1.807, 2.05) is 36.1 Å². The molecular formula is C23H30N6O4S. The predicted octanol–water partition coefficient (Wildman–Crippen LogP) is 0.796. The highest BCUT2D eigenvalue weighted by Gasteiger charge is 2.35. The van der Waals surface area contributed by atoms with Crippen molar-refractivity contribution in [2.75, 3.05) is 54.8 Å². The topological polar surface area (TPSA) is 116 Å². The Kier molecular flexibility index (Phi) is 7.42. The summed E-state index contributed by atoms with van der Waals surface area (Å²) in [5, 5.41) is 2.81. The molecule has 0 saturated carbocycles. The second-order valence-electron chi connectivity index (χ2n) is 8.64. The van der Waals surface area contributed by atoms with Crippen LogP contribution >= 0.6 is 0 Å². The van der Waals surface area contributed by atoms with Crippen LogP contribution in [0.3, 0.4) is 0 Å². The summed E-state index contributed by atoms with van der Waals surface area (Å²) >= 11 is 0. The molecule has 0 radical (unpaired) electrons. The highest BCUT2D eigenvalue weighted by molar-refractivity contribution is 7.89. The molecule has 2 aliphatic rings. The molecule has 2 fully saturated rings. The van der Waals surface area contributed by atoms with Crippen LogP contribution in [0.5, 0.6) is 0 Å². The number of nitrogens with zero attached hydrogens (tertiary/aromatic N) is 5. The molecule has 2 aliphatic heterocycles. The molecule has 1 aromatic heterocycles. The molecule has 1 atom stereocenters. The third kappa shape index (κ3) is 5.71. The largest absolute Gasteiger partial charge is 0.356 e. The van der Waals surface area contributed by atoms with Crippen molar-refractivity contribution >= 4 is 33.5 Å². The van der Waals surface area contributed by atoms with E-state index in [4.69, 9.17) is 0 Å². The molecule has 1 unspecified atom stereocenters. The van der Waals surface area contributed by atoms with Crippen LogP contribution in [0.1, 0.15) is 18.4 Å². The maximum absolute atomic E-state index is 12.7. The van der Waals surface area contributed by atoms with E-state index in [1.165, 1.54) is 4.31 Å². The van der Waals surface area contributed by atoms with Crippen molar-refractivity contribution in [3.05, 3.63) is 48.3 Å². The highest BCUT2D eigenvalue weighted by atomic mass is 32.2. The Morgan fingerprint density at radius 1 is 1.12 bits per heavy atom. The van der Waals surface area contributed by atoms with Gasteiger partial charge in [-0.05, 0) is 37.1 Å². The summed E-state index contributed by atoms with van der Waals surface area (Å²) in [4.78, 5) is 37.0. The lowest BCUT2D eigenvalue weighted by Crippen LogP contribution is -2.50. The third-order valence-corrected chi connectivity index (χ3v) is 8.11. The fourth-order valence-corrected chi connectivity index (χ4v) is 5.78. The molecule has 2 aromatic rings. The highest BCUT2D eigenvalue weighted by Crippen LogP contribution is 2.25. The zero-order valence-electron chi connectivity index (χ0n) is 19.3. The van der Waals surface area contributed by atoms with Crippen molar-refractivity contribution < 1.29 is 18.0 Å². The van der Waals surface area contributed by atoms with Gasteiger partial charge in [-0.1, -0.05) is 12.1 Å². The predicted molar refractivity (Wildman–Crippen MR) is 129 cm³/mol. The first-order valence-corrected chi connectivity index (χ1v) is 13.1. The zero-order chi connectivity index (χ0) is 24.1. The fourth-order valence-electron chi connectivity index (χ4n) is 4.29. The first-order valence-electron chi connectivity index (χ1n) is 11.5. The van der Waals surface area contributed by atoms with Crippen LogP contribution in [-0.2, 0) is 19.6 Å². The Morgan fingerprint density at radius 2 is 1.85 bits per heavy atom. The van der Waals surface area contributed by atoms with Gasteiger partial charge in [-0.25, -0.2) is 18.4 Å². The number of hydrogen-bond acceptors (Lipinski definition) is 7. The zero-order valence-corrected chi connectivity index (χ0v) is 20.1. The van der Waals surface area contributed by atoms with Crippen LogP contribution < -0.4 is 15.1 Å². The first kappa shape index (κ1) is 24.1. The van der Waals surface area contributed by atoms with E-state index in [0.717, 1.165) is 11.3 Å². The molecule has 10 nitrogen and oxygen atoms in total. The Hall–Kier alpha value is -3.05. The summed E-state index contributed by atoms with van der Waals surface area (Å²) in [5.74, 6) is -0.147. The van der Waals surface area contributed by atoms with Gasteiger partial charge >= 0.3 is 0 Å². The van der Waals surface area contributed by atoms with Gasteiger partial charge in [0.05, 0.1) is 11.7 Å². The van der Waals surface area contributed by atoms with Gasteiger partial charge in [-0.3, -0.25) is 9.59 Å². The van der Waals surface area contributed by atoms with Crippen molar-refractivity contribution in [2.45, 2.75) is 19.8 Å². The van der Waals surface area contributed by atoms with E-state index in [0.29, 0.717) is 45.1 Å². The van der Waals surface area contributed by atoms with E-state index in [2.05, 4.69) is 15.3 Å². The van der Waals surface area contributed by atoms with Gasteiger partial charge in [0.15, 0.2) is 0 Å². The summed E-state index contributed by atoms with van der Waals surface area (Å²) in [6, 6.07) is 9.38. The molecule has 2 saturated heterocycles. The normalized spacial score (nSPS) is 19.4. The molecule has 34 heavy (non-hydrogen) atoms. The number of carbonyl (C=O) groups excluding carboxylic acids is 2. The first-order chi connectivity index (χ1) is 16.3. The number of nitrogens with one attached hydrogen (secondary N) is 1. The Bertz CT molecular complexity index is 1120. The summed E-state index contributed by atoms with van der Waals surface area (Å²) < 4.78 is 26.9. The minimum absolute atomic E-state index is 0.0336. The van der Waals surface area contributed by atoms with Crippen molar-refractivity contribution in [3.8, 4) is 0 Å². The Labute approximate surface area is 200 Å². The number of benzene rings is 1. The van der Waals surface area contributed by atoms with Gasteiger partial charge in [0.2, 0.25) is 27.8 Å². The Morgan fingerprint density at radius 3 is 2.56 bits per heavy atom. The molecule has 2 amide bonds. The van der Waals surface area contributed by atoms with Gasteiger partial charge in [-0.2, -0.15) is 4.31 Å². The molecule has 4 rings (SSSR count). The summed E-state index contributed by atoms with van der Waals surface area (Å²) in [5.41, 5.74) is 1.85. The van der Waals surface area contributed by atoms with Crippen LogP contribution in [0.2, 0.25) is 0 Å². The number of rotatable bonds is 8. The van der Waals surface area contributed by atoms with Crippen LogP contribution in [0.25, 0.3) is 0 Å². The number of sulfonamides is 1. The number of amides is 2. The fraction of sp³-hybridized carbons (Fsp3) is 0.478. The van der Waals surface area contributed by atoms with E-state index in [9.17, 15) is 18.0 Å². The van der Waals surface area contributed by atoms with Gasteiger partial charge in [0.25, 0.3) is 0 Å². The SMILES string of the molecule is Cc1cccc(N2CC(C(=O)NCCCS(=O)(=O)N3CCN(c4ncccn4)CC3)CC2=O)c1. The van der Waals surface area contributed by atoms with Gasteiger partial charge in [-0.15, -0.1) is 0 Å². The second-order valence-corrected chi connectivity index (χ2v) is 10.7. The van der Waals surface area contributed by atoms with E-state index in [1.54, 1.807) is 23.4 Å². The summed E-state index contributed by atoms with van der Waals surface area (Å²) in [7, 11) is -3.41. The van der Waals surface area contributed by atoms with Crippen molar-refractivity contribution in [2.24, 2.45) is 5.92 Å². The lowest BCUT2D eigenvalue weighted by atomic mass is 10.1. The molecule has 182 valence electrons. The average molecular weight is 487 g/mol. The van der Waals surface area contributed by atoms with Crippen LogP contribution in [-0.4, -0.2) is 79.5 Å². The van der Waals surface area contributed by atoms with Crippen molar-refractivity contribution in [1.29, 1.82) is 0 Å². The van der Waals surface area contributed by atoms with Crippen LogP contribution in [0, 0.1) is 12.8 Å². The molecular weight excluding hydrogens is 456 g/mol. The number of hydrogen-bond donors (Lipinski definition) is 1. The maximum atomic E-state index is 12.7. The van der Waals surface area contributed by atoms with Gasteiger partial charge in [0.1, 0.15) is 0 Å². The molecule has 0 aliphatic carbocycles. The summed E-state index contributed by atoms with van der Waals surface area (Å²) in [6.07, 6.45) is 3.81. The molecule has 0 spiro atoms. The summed E-state index contributed by atoms with van der Waals surface area (Å²) in [6.45, 7) is 4.38. The van der Waals surface area contributed by atoms with E-state index >= 15 is 0 Å². The Balaban J connectivity index is 1.20. The number of aryl methyl sites for hydroxylation is 1. The molecule has 3 heterocycles. The lowest BCUT2D eigenvalue weighted by molar-refractivity contribution is -0.126. The van der Waals surface area contributed by atoms with E-state index in [-0.39, 0.29) is 30.5 Å².